The van der Waals surface area contributed by atoms with Crippen molar-refractivity contribution in [2.45, 2.75) is 50.5 Å². The lowest BCUT2D eigenvalue weighted by Gasteiger charge is -2.22. The van der Waals surface area contributed by atoms with E-state index in [4.69, 9.17) is 4.84 Å². The van der Waals surface area contributed by atoms with Crippen LogP contribution in [0.5, 0.6) is 0 Å². The van der Waals surface area contributed by atoms with E-state index in [0.29, 0.717) is 6.42 Å². The first-order valence-electron chi connectivity index (χ1n) is 4.78. The van der Waals surface area contributed by atoms with E-state index in [-0.39, 0.29) is 11.5 Å². The van der Waals surface area contributed by atoms with Crippen molar-refractivity contribution in [1.82, 2.24) is 5.48 Å². The largest absolute Gasteiger partial charge is 0.273 e. The van der Waals surface area contributed by atoms with Crippen LogP contribution in [0.4, 0.5) is 0 Å². The van der Waals surface area contributed by atoms with Gasteiger partial charge in [-0.05, 0) is 12.8 Å². The van der Waals surface area contributed by atoms with Gasteiger partial charge in [0.1, 0.15) is 5.60 Å². The number of amides is 1. The Bertz CT molecular complexity index is 183. The van der Waals surface area contributed by atoms with Gasteiger partial charge in [-0.15, -0.1) is 0 Å². The molecule has 1 aliphatic carbocycles. The van der Waals surface area contributed by atoms with Gasteiger partial charge >= 0.3 is 0 Å². The summed E-state index contributed by atoms with van der Waals surface area (Å²) in [6.07, 6.45) is 7.66. The van der Waals surface area contributed by atoms with Gasteiger partial charge in [-0.1, -0.05) is 25.7 Å². The van der Waals surface area contributed by atoms with Crippen LogP contribution in [0, 0.1) is 0 Å². The summed E-state index contributed by atoms with van der Waals surface area (Å²) in [7, 11) is 0. The fraction of sp³-hybridized carbons (Fsp3) is 0.889. The van der Waals surface area contributed by atoms with Gasteiger partial charge in [0.2, 0.25) is 5.91 Å². The quantitative estimate of drug-likeness (QED) is 0.597. The highest BCUT2D eigenvalue weighted by molar-refractivity contribution is 5.77. The summed E-state index contributed by atoms with van der Waals surface area (Å²) in [5, 5.41) is 0. The van der Waals surface area contributed by atoms with Crippen molar-refractivity contribution in [3.05, 3.63) is 0 Å². The predicted molar refractivity (Wildman–Crippen MR) is 44.3 cm³/mol. The maximum Gasteiger partial charge on any atom is 0.246 e. The third-order valence-corrected chi connectivity index (χ3v) is 2.88. The van der Waals surface area contributed by atoms with E-state index in [1.807, 2.05) is 0 Å². The molecule has 0 aromatic heterocycles. The maximum absolute atomic E-state index is 11.0. The normalized spacial score (nSPS) is 28.5. The van der Waals surface area contributed by atoms with Crippen LogP contribution < -0.4 is 5.48 Å². The monoisotopic (exact) mass is 169 g/mol. The standard InChI is InChI=1S/C9H15NO2/c11-8-7-9(12-10-8)5-3-1-2-4-6-9/h1-7H2,(H,10,11). The van der Waals surface area contributed by atoms with Gasteiger partial charge in [-0.3, -0.25) is 9.63 Å². The molecule has 3 nitrogen and oxygen atoms in total. The van der Waals surface area contributed by atoms with Crippen molar-refractivity contribution in [3.63, 3.8) is 0 Å². The van der Waals surface area contributed by atoms with Crippen molar-refractivity contribution in [2.75, 3.05) is 0 Å². The highest BCUT2D eigenvalue weighted by atomic mass is 16.7. The molecule has 0 aromatic carbocycles. The van der Waals surface area contributed by atoms with Crippen molar-refractivity contribution in [3.8, 4) is 0 Å². The molecule has 1 amide bonds. The molecule has 12 heavy (non-hydrogen) atoms. The summed E-state index contributed by atoms with van der Waals surface area (Å²) in [5.41, 5.74) is 2.34. The molecule has 0 atom stereocenters. The first-order valence-corrected chi connectivity index (χ1v) is 4.78. The second-order valence-electron chi connectivity index (χ2n) is 3.90. The third kappa shape index (κ3) is 1.46. The molecule has 3 heteroatoms. The lowest BCUT2D eigenvalue weighted by atomic mass is 9.91. The molecule has 0 radical (unpaired) electrons. The van der Waals surface area contributed by atoms with Crippen molar-refractivity contribution in [2.24, 2.45) is 0 Å². The molecule has 2 aliphatic rings. The average Bonchev–Trinajstić information content (AvgIpc) is 2.30. The molecule has 1 N–H and O–H groups in total. The van der Waals surface area contributed by atoms with E-state index in [1.54, 1.807) is 0 Å². The van der Waals surface area contributed by atoms with Gasteiger partial charge < -0.3 is 0 Å². The third-order valence-electron chi connectivity index (χ3n) is 2.88. The van der Waals surface area contributed by atoms with Gasteiger partial charge in [0.25, 0.3) is 0 Å². The van der Waals surface area contributed by atoms with Crippen LogP contribution in [0.15, 0.2) is 0 Å². The zero-order valence-corrected chi connectivity index (χ0v) is 7.27. The van der Waals surface area contributed by atoms with Crippen LogP contribution in [0.1, 0.15) is 44.9 Å². The molecule has 68 valence electrons. The second-order valence-corrected chi connectivity index (χ2v) is 3.90. The molecule has 2 rings (SSSR count). The van der Waals surface area contributed by atoms with Crippen LogP contribution in [-0.2, 0) is 9.63 Å². The minimum atomic E-state index is -0.131. The van der Waals surface area contributed by atoms with Crippen LogP contribution in [0.25, 0.3) is 0 Å². The molecule has 1 saturated carbocycles. The topological polar surface area (TPSA) is 38.3 Å². The predicted octanol–water partition coefficient (Wildman–Crippen LogP) is 1.53. The fourth-order valence-electron chi connectivity index (χ4n) is 2.18. The molecule has 1 spiro atoms. The van der Waals surface area contributed by atoms with Crippen molar-refractivity contribution < 1.29 is 9.63 Å². The first-order chi connectivity index (χ1) is 5.81. The Kier molecular flexibility index (Phi) is 2.05. The zero-order valence-electron chi connectivity index (χ0n) is 7.27. The van der Waals surface area contributed by atoms with E-state index < -0.39 is 0 Å². The van der Waals surface area contributed by atoms with Crippen LogP contribution in [0.3, 0.4) is 0 Å². The Balaban J connectivity index is 2.03. The summed E-state index contributed by atoms with van der Waals surface area (Å²) in [5.74, 6) is 0.0527. The van der Waals surface area contributed by atoms with Gasteiger partial charge in [0, 0.05) is 0 Å². The lowest BCUT2D eigenvalue weighted by molar-refractivity contribution is -0.126. The molecule has 2 fully saturated rings. The number of hydrogen-bond donors (Lipinski definition) is 1. The van der Waals surface area contributed by atoms with Crippen molar-refractivity contribution >= 4 is 5.91 Å². The summed E-state index contributed by atoms with van der Waals surface area (Å²) >= 11 is 0. The molecule has 0 aromatic rings. The summed E-state index contributed by atoms with van der Waals surface area (Å²) < 4.78 is 0. The zero-order chi connectivity index (χ0) is 8.44. The van der Waals surface area contributed by atoms with E-state index in [0.717, 1.165) is 12.8 Å². The second kappa shape index (κ2) is 3.05. The Morgan fingerprint density at radius 2 is 1.83 bits per heavy atom. The summed E-state index contributed by atoms with van der Waals surface area (Å²) in [6.45, 7) is 0. The van der Waals surface area contributed by atoms with Crippen LogP contribution >= 0.6 is 0 Å². The smallest absolute Gasteiger partial charge is 0.246 e. The number of carbonyl (C=O) groups excluding carboxylic acids is 1. The van der Waals surface area contributed by atoms with E-state index in [1.165, 1.54) is 25.7 Å². The van der Waals surface area contributed by atoms with E-state index in [9.17, 15) is 4.79 Å². The summed E-state index contributed by atoms with van der Waals surface area (Å²) in [6, 6.07) is 0. The number of carbonyl (C=O) groups is 1. The van der Waals surface area contributed by atoms with E-state index in [2.05, 4.69) is 5.48 Å². The molecule has 0 unspecified atom stereocenters. The highest BCUT2D eigenvalue weighted by Crippen LogP contribution is 2.35. The molecule has 1 heterocycles. The van der Waals surface area contributed by atoms with Crippen LogP contribution in [0.2, 0.25) is 0 Å². The Hall–Kier alpha value is -0.570. The van der Waals surface area contributed by atoms with E-state index >= 15 is 0 Å². The number of hydrogen-bond acceptors (Lipinski definition) is 2. The van der Waals surface area contributed by atoms with Gasteiger partial charge in [-0.2, -0.15) is 0 Å². The van der Waals surface area contributed by atoms with Gasteiger partial charge in [0.15, 0.2) is 0 Å². The molecule has 1 saturated heterocycles. The average molecular weight is 169 g/mol. The van der Waals surface area contributed by atoms with Crippen LogP contribution in [-0.4, -0.2) is 11.5 Å². The molecular weight excluding hydrogens is 154 g/mol. The van der Waals surface area contributed by atoms with Gasteiger partial charge in [-0.25, -0.2) is 5.48 Å². The van der Waals surface area contributed by atoms with Gasteiger partial charge in [0.05, 0.1) is 6.42 Å². The number of rotatable bonds is 0. The molecule has 0 bridgehead atoms. The maximum atomic E-state index is 11.0. The molecular formula is C9H15NO2. The number of nitrogens with one attached hydrogen (secondary N) is 1. The molecule has 1 aliphatic heterocycles. The lowest BCUT2D eigenvalue weighted by Crippen LogP contribution is -2.28. The Morgan fingerprint density at radius 3 is 2.33 bits per heavy atom. The summed E-state index contributed by atoms with van der Waals surface area (Å²) in [4.78, 5) is 16.4. The Morgan fingerprint density at radius 1 is 1.17 bits per heavy atom. The minimum absolute atomic E-state index is 0.0527. The minimum Gasteiger partial charge on any atom is -0.273 e. The Labute approximate surface area is 72.4 Å². The SMILES string of the molecule is O=C1CC2(CCCCCC2)ON1. The fourth-order valence-corrected chi connectivity index (χ4v) is 2.18. The first kappa shape index (κ1) is 8.05. The van der Waals surface area contributed by atoms with Crippen molar-refractivity contribution in [1.29, 1.82) is 0 Å². The highest BCUT2D eigenvalue weighted by Gasteiger charge is 2.40. The number of hydroxylamine groups is 1.